The van der Waals surface area contributed by atoms with Gasteiger partial charge in [-0.25, -0.2) is 0 Å². The van der Waals surface area contributed by atoms with Crippen LogP contribution in [0.15, 0.2) is 39.8 Å². The zero-order valence-electron chi connectivity index (χ0n) is 12.9. The van der Waals surface area contributed by atoms with Crippen LogP contribution in [-0.2, 0) is 5.75 Å². The molecule has 0 saturated heterocycles. The van der Waals surface area contributed by atoms with E-state index in [9.17, 15) is 30.5 Å². The number of aromatic nitrogens is 2. The molecule has 0 radical (unpaired) electrons. The molecule has 10 nitrogen and oxygen atoms in total. The highest BCUT2D eigenvalue weighted by molar-refractivity contribution is 7.98. The van der Waals surface area contributed by atoms with Crippen LogP contribution in [0.5, 0.6) is 23.0 Å². The van der Waals surface area contributed by atoms with Gasteiger partial charge in [0, 0.05) is 11.0 Å². The SMILES string of the molecule is O=[N+]([O-])c1cc(-c2nc(CSc3ccc(O)c(O)c3)no2)cc(O)c1O. The minimum Gasteiger partial charge on any atom is -0.504 e. The first kappa shape index (κ1) is 17.4. The molecule has 0 aliphatic rings. The maximum absolute atomic E-state index is 10.9. The molecule has 134 valence electrons. The summed E-state index contributed by atoms with van der Waals surface area (Å²) in [7, 11) is 0. The smallest absolute Gasteiger partial charge is 0.315 e. The van der Waals surface area contributed by atoms with E-state index in [4.69, 9.17) is 4.52 Å². The van der Waals surface area contributed by atoms with Gasteiger partial charge in [0.05, 0.1) is 16.2 Å². The number of phenolic OH excluding ortho intramolecular Hbond substituents is 4. The summed E-state index contributed by atoms with van der Waals surface area (Å²) in [6, 6.07) is 6.41. The third-order valence-electron chi connectivity index (χ3n) is 3.30. The van der Waals surface area contributed by atoms with E-state index >= 15 is 0 Å². The Hall–Kier alpha value is -3.47. The van der Waals surface area contributed by atoms with Gasteiger partial charge in [0.25, 0.3) is 5.89 Å². The highest BCUT2D eigenvalue weighted by Gasteiger charge is 2.22. The summed E-state index contributed by atoms with van der Waals surface area (Å²) in [6.07, 6.45) is 0. The Morgan fingerprint density at radius 1 is 1.08 bits per heavy atom. The first-order chi connectivity index (χ1) is 12.3. The van der Waals surface area contributed by atoms with Crippen LogP contribution in [0.1, 0.15) is 5.82 Å². The van der Waals surface area contributed by atoms with E-state index in [-0.39, 0.29) is 34.5 Å². The second-order valence-corrected chi connectivity index (χ2v) is 6.12. The molecule has 0 bridgehead atoms. The Morgan fingerprint density at radius 2 is 1.85 bits per heavy atom. The number of hydrogen-bond acceptors (Lipinski definition) is 10. The second kappa shape index (κ2) is 6.80. The molecule has 3 aromatic rings. The van der Waals surface area contributed by atoms with Crippen molar-refractivity contribution in [1.82, 2.24) is 10.1 Å². The summed E-state index contributed by atoms with van der Waals surface area (Å²) >= 11 is 1.26. The van der Waals surface area contributed by atoms with Gasteiger partial charge in [-0.1, -0.05) is 5.16 Å². The van der Waals surface area contributed by atoms with Gasteiger partial charge in [0.1, 0.15) is 0 Å². The number of nitro benzene ring substituents is 1. The summed E-state index contributed by atoms with van der Waals surface area (Å²) in [5.74, 6) is -1.54. The molecule has 0 unspecified atom stereocenters. The van der Waals surface area contributed by atoms with Gasteiger partial charge in [0.15, 0.2) is 23.1 Å². The Morgan fingerprint density at radius 3 is 2.54 bits per heavy atom. The molecule has 3 rings (SSSR count). The first-order valence-electron chi connectivity index (χ1n) is 7.03. The molecule has 0 atom stereocenters. The highest BCUT2D eigenvalue weighted by atomic mass is 32.2. The number of nitro groups is 1. The van der Waals surface area contributed by atoms with Gasteiger partial charge in [-0.3, -0.25) is 10.1 Å². The topological polar surface area (TPSA) is 163 Å². The lowest BCUT2D eigenvalue weighted by Crippen LogP contribution is -1.90. The summed E-state index contributed by atoms with van der Waals surface area (Å²) < 4.78 is 5.03. The number of rotatable bonds is 5. The fourth-order valence-corrected chi connectivity index (χ4v) is 2.81. The third kappa shape index (κ3) is 3.47. The minimum atomic E-state index is -0.846. The molecule has 0 aliphatic carbocycles. The van der Waals surface area contributed by atoms with E-state index in [2.05, 4.69) is 10.1 Å². The maximum atomic E-state index is 10.9. The molecule has 0 spiro atoms. The molecule has 4 N–H and O–H groups in total. The fourth-order valence-electron chi connectivity index (χ4n) is 2.04. The molecular weight excluding hydrogens is 366 g/mol. The maximum Gasteiger partial charge on any atom is 0.315 e. The lowest BCUT2D eigenvalue weighted by atomic mass is 10.1. The largest absolute Gasteiger partial charge is 0.504 e. The van der Waals surface area contributed by atoms with E-state index in [0.29, 0.717) is 4.90 Å². The summed E-state index contributed by atoms with van der Waals surface area (Å²) in [6.45, 7) is 0. The fraction of sp³-hybridized carbons (Fsp3) is 0.0667. The van der Waals surface area contributed by atoms with Crippen LogP contribution < -0.4 is 0 Å². The van der Waals surface area contributed by atoms with Crippen molar-refractivity contribution in [2.75, 3.05) is 0 Å². The normalized spacial score (nSPS) is 10.8. The number of nitrogens with zero attached hydrogens (tertiary/aromatic N) is 3. The van der Waals surface area contributed by atoms with Crippen LogP contribution in [0.25, 0.3) is 11.5 Å². The van der Waals surface area contributed by atoms with Crippen molar-refractivity contribution in [3.63, 3.8) is 0 Å². The Balaban J connectivity index is 1.79. The molecule has 26 heavy (non-hydrogen) atoms. The Kier molecular flexibility index (Phi) is 4.54. The molecular formula is C15H11N3O7S. The van der Waals surface area contributed by atoms with Crippen molar-refractivity contribution in [2.45, 2.75) is 10.6 Å². The monoisotopic (exact) mass is 377 g/mol. The number of aromatic hydroxyl groups is 4. The summed E-state index contributed by atoms with van der Waals surface area (Å²) in [4.78, 5) is 14.8. The molecule has 0 saturated carbocycles. The predicted molar refractivity (Wildman–Crippen MR) is 89.1 cm³/mol. The van der Waals surface area contributed by atoms with E-state index in [1.807, 2.05) is 0 Å². The van der Waals surface area contributed by atoms with E-state index < -0.39 is 22.1 Å². The van der Waals surface area contributed by atoms with E-state index in [1.165, 1.54) is 23.9 Å². The first-order valence-corrected chi connectivity index (χ1v) is 8.02. The minimum absolute atomic E-state index is 0.0625. The predicted octanol–water partition coefficient (Wildman–Crippen LogP) is 2.76. The Labute approximate surface area is 149 Å². The van der Waals surface area contributed by atoms with Crippen molar-refractivity contribution in [3.8, 4) is 34.5 Å². The van der Waals surface area contributed by atoms with Gasteiger partial charge in [-0.15, -0.1) is 11.8 Å². The number of hydrogen-bond donors (Lipinski definition) is 4. The standard InChI is InChI=1S/C15H11N3O7S/c19-10-2-1-8(5-11(10)20)26-6-13-16-15(25-17-13)7-3-9(18(23)24)14(22)12(21)4-7/h1-5,19-22H,6H2. The molecule has 1 heterocycles. The average Bonchev–Trinajstić information content (AvgIpc) is 3.07. The van der Waals surface area contributed by atoms with Crippen molar-refractivity contribution < 1.29 is 29.9 Å². The number of benzene rings is 2. The molecule has 0 amide bonds. The third-order valence-corrected chi connectivity index (χ3v) is 4.29. The number of phenols is 4. The summed E-state index contributed by atoms with van der Waals surface area (Å²) in [5.41, 5.74) is -0.605. The lowest BCUT2D eigenvalue weighted by molar-refractivity contribution is -0.385. The second-order valence-electron chi connectivity index (χ2n) is 5.08. The molecule has 2 aromatic carbocycles. The lowest BCUT2D eigenvalue weighted by Gasteiger charge is -2.01. The van der Waals surface area contributed by atoms with Crippen molar-refractivity contribution in [2.24, 2.45) is 0 Å². The van der Waals surface area contributed by atoms with Crippen LogP contribution >= 0.6 is 11.8 Å². The van der Waals surface area contributed by atoms with Crippen molar-refractivity contribution in [3.05, 3.63) is 46.3 Å². The average molecular weight is 377 g/mol. The molecule has 0 fully saturated rings. The van der Waals surface area contributed by atoms with Gasteiger partial charge in [-0.05, 0) is 24.3 Å². The highest BCUT2D eigenvalue weighted by Crippen LogP contribution is 2.39. The van der Waals surface area contributed by atoms with Crippen LogP contribution in [0.4, 0.5) is 5.69 Å². The van der Waals surface area contributed by atoms with E-state index in [0.717, 1.165) is 12.1 Å². The Bertz CT molecular complexity index is 989. The summed E-state index contributed by atoms with van der Waals surface area (Å²) in [5, 5.41) is 52.5. The van der Waals surface area contributed by atoms with Gasteiger partial charge in [0.2, 0.25) is 5.75 Å². The van der Waals surface area contributed by atoms with Crippen LogP contribution in [0.3, 0.4) is 0 Å². The zero-order chi connectivity index (χ0) is 18.8. The van der Waals surface area contributed by atoms with Gasteiger partial charge >= 0.3 is 5.69 Å². The van der Waals surface area contributed by atoms with Gasteiger partial charge < -0.3 is 24.9 Å². The van der Waals surface area contributed by atoms with Crippen LogP contribution in [-0.4, -0.2) is 35.5 Å². The molecule has 11 heteroatoms. The molecule has 0 aliphatic heterocycles. The molecule has 1 aromatic heterocycles. The van der Waals surface area contributed by atoms with Crippen molar-refractivity contribution >= 4 is 17.4 Å². The van der Waals surface area contributed by atoms with Gasteiger partial charge in [-0.2, -0.15) is 4.98 Å². The van der Waals surface area contributed by atoms with E-state index in [1.54, 1.807) is 6.07 Å². The van der Waals surface area contributed by atoms with Crippen LogP contribution in [0, 0.1) is 10.1 Å². The zero-order valence-corrected chi connectivity index (χ0v) is 13.7. The number of thioether (sulfide) groups is 1. The quantitative estimate of drug-likeness (QED) is 0.225. The van der Waals surface area contributed by atoms with Crippen molar-refractivity contribution in [1.29, 1.82) is 0 Å². The van der Waals surface area contributed by atoms with Crippen LogP contribution in [0.2, 0.25) is 0 Å².